The molecule has 0 saturated heterocycles. The number of benzene rings is 2. The molecule has 0 aliphatic heterocycles. The van der Waals surface area contributed by atoms with Crippen LogP contribution in [-0.2, 0) is 4.74 Å². The lowest BCUT2D eigenvalue weighted by Gasteiger charge is -2.13. The molecule has 10 nitrogen and oxygen atoms in total. The molecule has 5 rings (SSSR count). The number of anilines is 1. The van der Waals surface area contributed by atoms with Crippen molar-refractivity contribution in [3.63, 3.8) is 0 Å². The van der Waals surface area contributed by atoms with Gasteiger partial charge in [0.25, 0.3) is 5.91 Å². The van der Waals surface area contributed by atoms with Gasteiger partial charge in [0, 0.05) is 10.8 Å². The summed E-state index contributed by atoms with van der Waals surface area (Å²) in [5, 5.41) is 8.40. The van der Waals surface area contributed by atoms with Gasteiger partial charge < -0.3 is 19.2 Å². The zero-order chi connectivity index (χ0) is 26.1. The maximum atomic E-state index is 13.3. The Morgan fingerprint density at radius 3 is 2.68 bits per heavy atom. The van der Waals surface area contributed by atoms with Crippen LogP contribution < -0.4 is 15.7 Å². The van der Waals surface area contributed by atoms with Gasteiger partial charge in [0.1, 0.15) is 28.0 Å². The highest BCUT2D eigenvalue weighted by molar-refractivity contribution is 6.08. The topological polar surface area (TPSA) is 126 Å². The van der Waals surface area contributed by atoms with E-state index in [0.717, 1.165) is 10.9 Å². The fourth-order valence-corrected chi connectivity index (χ4v) is 4.04. The first-order chi connectivity index (χ1) is 17.9. The second kappa shape index (κ2) is 9.57. The largest absolute Gasteiger partial charge is 0.494 e. The number of amides is 1. The van der Waals surface area contributed by atoms with E-state index in [0.29, 0.717) is 28.1 Å². The molecule has 37 heavy (non-hydrogen) atoms. The lowest BCUT2D eigenvalue weighted by Crippen LogP contribution is -2.23. The minimum atomic E-state index is -0.815. The van der Waals surface area contributed by atoms with E-state index in [4.69, 9.17) is 13.9 Å². The highest BCUT2D eigenvalue weighted by Crippen LogP contribution is 2.29. The molecule has 0 atom stereocenters. The highest BCUT2D eigenvalue weighted by Gasteiger charge is 2.25. The summed E-state index contributed by atoms with van der Waals surface area (Å²) in [6.45, 7) is 3.69. The molecular formula is C27H22N4O6. The first-order valence-corrected chi connectivity index (χ1v) is 11.5. The number of fused-ring (bicyclic) bond motifs is 2. The average Bonchev–Trinajstić information content (AvgIpc) is 3.31. The Balaban J connectivity index is 1.64. The molecule has 0 aliphatic carbocycles. The molecule has 3 heterocycles. The molecule has 0 spiro atoms. The number of nitrogens with one attached hydrogen (secondary N) is 1. The number of esters is 1. The van der Waals surface area contributed by atoms with Crippen LogP contribution in [0.4, 0.5) is 5.82 Å². The van der Waals surface area contributed by atoms with Crippen LogP contribution >= 0.6 is 0 Å². The van der Waals surface area contributed by atoms with Crippen LogP contribution in [0, 0.1) is 6.92 Å². The first-order valence-electron chi connectivity index (χ1n) is 11.5. The predicted molar refractivity (Wildman–Crippen MR) is 137 cm³/mol. The fourth-order valence-electron chi connectivity index (χ4n) is 4.04. The Bertz CT molecular complexity index is 1740. The van der Waals surface area contributed by atoms with Gasteiger partial charge in [0.05, 0.1) is 19.9 Å². The minimum absolute atomic E-state index is 0.0000430. The van der Waals surface area contributed by atoms with Crippen molar-refractivity contribution >= 4 is 39.6 Å². The van der Waals surface area contributed by atoms with Crippen molar-refractivity contribution in [1.29, 1.82) is 0 Å². The van der Waals surface area contributed by atoms with Gasteiger partial charge in [-0.1, -0.05) is 30.3 Å². The van der Waals surface area contributed by atoms with Gasteiger partial charge in [-0.05, 0) is 43.7 Å². The van der Waals surface area contributed by atoms with Crippen molar-refractivity contribution < 1.29 is 23.5 Å². The Kier molecular flexibility index (Phi) is 6.14. The molecule has 2 aromatic carbocycles. The van der Waals surface area contributed by atoms with E-state index >= 15 is 0 Å². The van der Waals surface area contributed by atoms with Crippen LogP contribution in [-0.4, -0.2) is 40.4 Å². The quantitative estimate of drug-likeness (QED) is 0.272. The Morgan fingerprint density at radius 1 is 1.08 bits per heavy atom. The normalized spacial score (nSPS) is 11.0. The van der Waals surface area contributed by atoms with Crippen LogP contribution in [0.3, 0.4) is 0 Å². The van der Waals surface area contributed by atoms with E-state index in [1.165, 1.54) is 16.9 Å². The van der Waals surface area contributed by atoms with Crippen LogP contribution in [0.5, 0.6) is 5.75 Å². The number of carbonyl (C=O) groups is 2. The molecule has 3 aromatic heterocycles. The van der Waals surface area contributed by atoms with Crippen molar-refractivity contribution in [2.24, 2.45) is 0 Å². The first kappa shape index (κ1) is 23.7. The van der Waals surface area contributed by atoms with E-state index in [-0.39, 0.29) is 23.6 Å². The molecule has 0 saturated carbocycles. The number of para-hydroxylation sites is 2. The number of aryl methyl sites for hydroxylation is 1. The van der Waals surface area contributed by atoms with Gasteiger partial charge in [-0.15, -0.1) is 0 Å². The van der Waals surface area contributed by atoms with Crippen LogP contribution in [0.15, 0.2) is 70.0 Å². The van der Waals surface area contributed by atoms with Crippen LogP contribution in [0.2, 0.25) is 0 Å². The number of ether oxygens (including phenoxy) is 2. The Morgan fingerprint density at radius 2 is 1.89 bits per heavy atom. The van der Waals surface area contributed by atoms with Gasteiger partial charge >= 0.3 is 11.6 Å². The standard InChI is InChI=1S/C27H22N4O6/c1-4-36-26(33)19-14-28-31(22-12-15(2)17-9-7-11-21(35-3)23(17)29-22)24(19)30-25(32)18-13-16-8-5-6-10-20(16)37-27(18)34/h5-14H,4H2,1-3H3,(H,30,32). The van der Waals surface area contributed by atoms with Gasteiger partial charge in [-0.2, -0.15) is 9.78 Å². The molecule has 0 aliphatic rings. The number of hydrogen-bond donors (Lipinski definition) is 1. The maximum Gasteiger partial charge on any atom is 0.349 e. The number of hydrogen-bond acceptors (Lipinski definition) is 8. The van der Waals surface area contributed by atoms with E-state index in [1.807, 2.05) is 19.1 Å². The van der Waals surface area contributed by atoms with Crippen molar-refractivity contribution in [3.05, 3.63) is 87.9 Å². The van der Waals surface area contributed by atoms with E-state index in [2.05, 4.69) is 15.4 Å². The molecule has 186 valence electrons. The number of nitrogens with zero attached hydrogens (tertiary/aromatic N) is 3. The number of aromatic nitrogens is 3. The lowest BCUT2D eigenvalue weighted by molar-refractivity contribution is 0.0527. The summed E-state index contributed by atoms with van der Waals surface area (Å²) in [7, 11) is 1.55. The zero-order valence-corrected chi connectivity index (χ0v) is 20.3. The second-order valence-corrected chi connectivity index (χ2v) is 8.13. The smallest absolute Gasteiger partial charge is 0.349 e. The molecule has 0 radical (unpaired) electrons. The summed E-state index contributed by atoms with van der Waals surface area (Å²) in [5.41, 5.74) is 0.765. The fraction of sp³-hybridized carbons (Fsp3) is 0.148. The van der Waals surface area contributed by atoms with Crippen molar-refractivity contribution in [1.82, 2.24) is 14.8 Å². The van der Waals surface area contributed by atoms with Crippen molar-refractivity contribution in [3.8, 4) is 11.6 Å². The number of pyridine rings is 1. The monoisotopic (exact) mass is 498 g/mol. The van der Waals surface area contributed by atoms with Gasteiger partial charge in [-0.3, -0.25) is 4.79 Å². The summed E-state index contributed by atoms with van der Waals surface area (Å²) in [5.74, 6) is -0.589. The predicted octanol–water partition coefficient (Wildman–Crippen LogP) is 4.27. The summed E-state index contributed by atoms with van der Waals surface area (Å²) in [4.78, 5) is 43.2. The maximum absolute atomic E-state index is 13.3. The second-order valence-electron chi connectivity index (χ2n) is 8.13. The van der Waals surface area contributed by atoms with Crippen molar-refractivity contribution in [2.45, 2.75) is 13.8 Å². The summed E-state index contributed by atoms with van der Waals surface area (Å²) in [6.07, 6.45) is 1.28. The third-order valence-corrected chi connectivity index (χ3v) is 5.82. The summed E-state index contributed by atoms with van der Waals surface area (Å²) >= 11 is 0. The third-order valence-electron chi connectivity index (χ3n) is 5.82. The average molecular weight is 498 g/mol. The van der Waals surface area contributed by atoms with E-state index in [1.54, 1.807) is 50.4 Å². The Hall–Kier alpha value is -4.99. The Labute approximate surface area is 210 Å². The van der Waals surface area contributed by atoms with Crippen LogP contribution in [0.25, 0.3) is 27.7 Å². The molecule has 0 bridgehead atoms. The summed E-state index contributed by atoms with van der Waals surface area (Å²) in [6, 6.07) is 15.6. The molecule has 10 heteroatoms. The molecule has 0 unspecified atom stereocenters. The molecule has 1 amide bonds. The lowest BCUT2D eigenvalue weighted by atomic mass is 10.1. The van der Waals surface area contributed by atoms with E-state index in [9.17, 15) is 14.4 Å². The third kappa shape index (κ3) is 4.29. The number of carbonyl (C=O) groups excluding carboxylic acids is 2. The molecule has 1 N–H and O–H groups in total. The molecule has 5 aromatic rings. The van der Waals surface area contributed by atoms with Crippen molar-refractivity contribution in [2.75, 3.05) is 19.0 Å². The number of methoxy groups -OCH3 is 1. The van der Waals surface area contributed by atoms with Gasteiger partial charge in [0.2, 0.25) is 0 Å². The van der Waals surface area contributed by atoms with Gasteiger partial charge in [-0.25, -0.2) is 14.6 Å². The zero-order valence-electron chi connectivity index (χ0n) is 20.3. The van der Waals surface area contributed by atoms with Gasteiger partial charge in [0.15, 0.2) is 11.6 Å². The summed E-state index contributed by atoms with van der Waals surface area (Å²) < 4.78 is 17.2. The SMILES string of the molecule is CCOC(=O)c1cnn(-c2cc(C)c3cccc(OC)c3n2)c1NC(=O)c1cc2ccccc2oc1=O. The number of rotatable bonds is 6. The van der Waals surface area contributed by atoms with Crippen LogP contribution in [0.1, 0.15) is 33.2 Å². The minimum Gasteiger partial charge on any atom is -0.494 e. The molecular weight excluding hydrogens is 476 g/mol. The van der Waals surface area contributed by atoms with E-state index < -0.39 is 17.5 Å². The molecule has 0 fully saturated rings. The highest BCUT2D eigenvalue weighted by atomic mass is 16.5.